The molecule has 1 aliphatic rings. The summed E-state index contributed by atoms with van der Waals surface area (Å²) in [7, 11) is -3.66. The van der Waals surface area contributed by atoms with Gasteiger partial charge in [0.2, 0.25) is 15.9 Å². The molecule has 0 aromatic heterocycles. The zero-order valence-electron chi connectivity index (χ0n) is 13.2. The van der Waals surface area contributed by atoms with E-state index in [-0.39, 0.29) is 12.1 Å². The number of halogens is 2. The van der Waals surface area contributed by atoms with Crippen molar-refractivity contribution in [1.82, 2.24) is 0 Å². The van der Waals surface area contributed by atoms with Crippen LogP contribution in [0.1, 0.15) is 12.0 Å². The van der Waals surface area contributed by atoms with Crippen LogP contribution in [0.5, 0.6) is 0 Å². The molecule has 3 rings (SSSR count). The molecule has 0 atom stereocenters. The number of rotatable bonds is 5. The molecule has 0 aliphatic carbocycles. The molecular weight excluding hydrogens is 350 g/mol. The lowest BCUT2D eigenvalue weighted by molar-refractivity contribution is -0.115. The Morgan fingerprint density at radius 1 is 1.16 bits per heavy atom. The second-order valence-corrected chi connectivity index (χ2v) is 7.70. The standard InChI is InChI=1S/C17H16F2N2O3S/c18-13-5-6-15(14(19)11-13)20-17(22)8-10-25(23,24)21-9-7-12-3-1-2-4-16(12)21/h1-6,11H,7-10H2,(H,20,22). The van der Waals surface area contributed by atoms with Crippen LogP contribution in [0, 0.1) is 11.6 Å². The summed E-state index contributed by atoms with van der Waals surface area (Å²) in [5.74, 6) is -2.72. The Kier molecular flexibility index (Phi) is 4.71. The Hall–Kier alpha value is -2.48. The third kappa shape index (κ3) is 3.79. The molecule has 1 aliphatic heterocycles. The normalized spacial score (nSPS) is 13.6. The molecule has 2 aromatic rings. The fourth-order valence-corrected chi connectivity index (χ4v) is 4.24. The van der Waals surface area contributed by atoms with Crippen molar-refractivity contribution in [3.8, 4) is 0 Å². The van der Waals surface area contributed by atoms with Gasteiger partial charge in [-0.25, -0.2) is 17.2 Å². The van der Waals surface area contributed by atoms with Gasteiger partial charge in [-0.2, -0.15) is 0 Å². The van der Waals surface area contributed by atoms with E-state index < -0.39 is 33.3 Å². The number of nitrogens with zero attached hydrogens (tertiary/aromatic N) is 1. The average molecular weight is 366 g/mol. The van der Waals surface area contributed by atoms with Crippen molar-refractivity contribution in [1.29, 1.82) is 0 Å². The van der Waals surface area contributed by atoms with Gasteiger partial charge in [0.25, 0.3) is 0 Å². The zero-order valence-corrected chi connectivity index (χ0v) is 14.0. The highest BCUT2D eigenvalue weighted by molar-refractivity contribution is 7.92. The largest absolute Gasteiger partial charge is 0.324 e. The fraction of sp³-hybridized carbons (Fsp3) is 0.235. The van der Waals surface area contributed by atoms with Crippen LogP contribution in [0.2, 0.25) is 0 Å². The van der Waals surface area contributed by atoms with Crippen LogP contribution >= 0.6 is 0 Å². The minimum Gasteiger partial charge on any atom is -0.324 e. The number of nitrogens with one attached hydrogen (secondary N) is 1. The predicted octanol–water partition coefficient (Wildman–Crippen LogP) is 2.69. The van der Waals surface area contributed by atoms with Gasteiger partial charge in [-0.3, -0.25) is 9.10 Å². The molecule has 132 valence electrons. The average Bonchev–Trinajstić information content (AvgIpc) is 3.01. The third-order valence-electron chi connectivity index (χ3n) is 3.97. The highest BCUT2D eigenvalue weighted by atomic mass is 32.2. The minimum atomic E-state index is -3.66. The quantitative estimate of drug-likeness (QED) is 0.885. The van der Waals surface area contributed by atoms with Crippen LogP contribution in [0.3, 0.4) is 0 Å². The second kappa shape index (κ2) is 6.79. The van der Waals surface area contributed by atoms with Crippen LogP contribution in [0.4, 0.5) is 20.2 Å². The lowest BCUT2D eigenvalue weighted by Crippen LogP contribution is -2.32. The van der Waals surface area contributed by atoms with Crippen molar-refractivity contribution in [3.05, 3.63) is 59.7 Å². The molecule has 0 spiro atoms. The van der Waals surface area contributed by atoms with Crippen molar-refractivity contribution < 1.29 is 22.0 Å². The maximum atomic E-state index is 13.5. The van der Waals surface area contributed by atoms with E-state index in [1.807, 2.05) is 12.1 Å². The van der Waals surface area contributed by atoms with Gasteiger partial charge in [0, 0.05) is 19.0 Å². The maximum Gasteiger partial charge on any atom is 0.235 e. The number of fused-ring (bicyclic) bond motifs is 1. The first-order chi connectivity index (χ1) is 11.9. The fourth-order valence-electron chi connectivity index (χ4n) is 2.73. The van der Waals surface area contributed by atoms with Crippen molar-refractivity contribution in [2.45, 2.75) is 12.8 Å². The van der Waals surface area contributed by atoms with E-state index in [1.54, 1.807) is 12.1 Å². The van der Waals surface area contributed by atoms with E-state index >= 15 is 0 Å². The predicted molar refractivity (Wildman–Crippen MR) is 90.9 cm³/mol. The van der Waals surface area contributed by atoms with Gasteiger partial charge in [-0.15, -0.1) is 0 Å². The van der Waals surface area contributed by atoms with Crippen LogP contribution in [-0.2, 0) is 21.2 Å². The molecule has 25 heavy (non-hydrogen) atoms. The highest BCUT2D eigenvalue weighted by Crippen LogP contribution is 2.30. The van der Waals surface area contributed by atoms with Crippen molar-refractivity contribution >= 4 is 27.3 Å². The maximum absolute atomic E-state index is 13.5. The lowest BCUT2D eigenvalue weighted by Gasteiger charge is -2.19. The Labute approximate surface area is 144 Å². The van der Waals surface area contributed by atoms with E-state index in [2.05, 4.69) is 5.32 Å². The molecule has 5 nitrogen and oxygen atoms in total. The molecule has 1 N–H and O–H groups in total. The summed E-state index contributed by atoms with van der Waals surface area (Å²) in [5.41, 5.74) is 1.40. The molecule has 0 unspecified atom stereocenters. The molecule has 0 radical (unpaired) electrons. The van der Waals surface area contributed by atoms with E-state index in [0.717, 1.165) is 17.7 Å². The topological polar surface area (TPSA) is 66.5 Å². The van der Waals surface area contributed by atoms with E-state index in [4.69, 9.17) is 0 Å². The van der Waals surface area contributed by atoms with E-state index in [1.165, 1.54) is 4.31 Å². The van der Waals surface area contributed by atoms with Crippen LogP contribution in [0.25, 0.3) is 0 Å². The number of anilines is 2. The number of amides is 1. The molecule has 2 aromatic carbocycles. The summed E-state index contributed by atoms with van der Waals surface area (Å²) in [4.78, 5) is 11.9. The Morgan fingerprint density at radius 2 is 1.92 bits per heavy atom. The van der Waals surface area contributed by atoms with Gasteiger partial charge in [0.05, 0.1) is 17.1 Å². The van der Waals surface area contributed by atoms with Gasteiger partial charge in [-0.05, 0) is 30.2 Å². The van der Waals surface area contributed by atoms with Crippen LogP contribution in [-0.4, -0.2) is 26.6 Å². The first kappa shape index (κ1) is 17.3. The van der Waals surface area contributed by atoms with Gasteiger partial charge >= 0.3 is 0 Å². The van der Waals surface area contributed by atoms with Gasteiger partial charge < -0.3 is 5.32 Å². The number of sulfonamides is 1. The minimum absolute atomic E-state index is 0.185. The number of para-hydroxylation sites is 1. The Morgan fingerprint density at radius 3 is 2.68 bits per heavy atom. The van der Waals surface area contributed by atoms with E-state index in [9.17, 15) is 22.0 Å². The first-order valence-corrected chi connectivity index (χ1v) is 9.31. The summed E-state index contributed by atoms with van der Waals surface area (Å²) in [6.07, 6.45) is 0.306. The van der Waals surface area contributed by atoms with Gasteiger partial charge in [0.1, 0.15) is 11.6 Å². The molecule has 0 bridgehead atoms. The number of carbonyl (C=O) groups excluding carboxylic acids is 1. The second-order valence-electron chi connectivity index (χ2n) is 5.69. The number of hydrogen-bond donors (Lipinski definition) is 1. The number of hydrogen-bond acceptors (Lipinski definition) is 3. The van der Waals surface area contributed by atoms with Crippen molar-refractivity contribution in [3.63, 3.8) is 0 Å². The van der Waals surface area contributed by atoms with Crippen molar-refractivity contribution in [2.75, 3.05) is 21.9 Å². The molecule has 8 heteroatoms. The van der Waals surface area contributed by atoms with Crippen LogP contribution < -0.4 is 9.62 Å². The molecule has 0 saturated carbocycles. The smallest absolute Gasteiger partial charge is 0.235 e. The number of carbonyl (C=O) groups is 1. The summed E-state index contributed by atoms with van der Waals surface area (Å²) < 4.78 is 52.6. The summed E-state index contributed by atoms with van der Waals surface area (Å²) in [6, 6.07) is 9.96. The molecule has 0 saturated heterocycles. The lowest BCUT2D eigenvalue weighted by atomic mass is 10.2. The Balaban J connectivity index is 1.64. The summed E-state index contributed by atoms with van der Waals surface area (Å²) in [5, 5.41) is 2.26. The number of benzene rings is 2. The van der Waals surface area contributed by atoms with Gasteiger partial charge in [0.15, 0.2) is 0 Å². The molecule has 1 amide bonds. The zero-order chi connectivity index (χ0) is 18.0. The highest BCUT2D eigenvalue weighted by Gasteiger charge is 2.29. The van der Waals surface area contributed by atoms with E-state index in [0.29, 0.717) is 24.7 Å². The molecular formula is C17H16F2N2O3S. The van der Waals surface area contributed by atoms with Gasteiger partial charge in [-0.1, -0.05) is 18.2 Å². The SMILES string of the molecule is O=C(CCS(=O)(=O)N1CCc2ccccc21)Nc1ccc(F)cc1F. The van der Waals surface area contributed by atoms with Crippen LogP contribution in [0.15, 0.2) is 42.5 Å². The molecule has 0 fully saturated rings. The Bertz CT molecular complexity index is 916. The third-order valence-corrected chi connectivity index (χ3v) is 5.74. The molecule has 1 heterocycles. The van der Waals surface area contributed by atoms with Crippen molar-refractivity contribution in [2.24, 2.45) is 0 Å². The monoisotopic (exact) mass is 366 g/mol. The summed E-state index contributed by atoms with van der Waals surface area (Å²) in [6.45, 7) is 0.343. The first-order valence-electron chi connectivity index (χ1n) is 7.70. The summed E-state index contributed by atoms with van der Waals surface area (Å²) >= 11 is 0.